The van der Waals surface area contributed by atoms with Gasteiger partial charge >= 0.3 is 0 Å². The van der Waals surface area contributed by atoms with Crippen LogP contribution in [0.25, 0.3) is 0 Å². The standard InChI is InChI=1S/C17H25ClN2O2/c1-3-6-13-7-5-11-20(12-10-13)17(21)16-14(18)8-9-15(19-16)22-4-2/h8-9,13H,3-7,10-12H2,1-2H3. The number of aromatic nitrogens is 1. The lowest BCUT2D eigenvalue weighted by molar-refractivity contribution is 0.0753. The molecule has 5 heteroatoms. The van der Waals surface area contributed by atoms with Crippen LogP contribution in [0.15, 0.2) is 12.1 Å². The summed E-state index contributed by atoms with van der Waals surface area (Å²) in [6, 6.07) is 3.38. The van der Waals surface area contributed by atoms with Gasteiger partial charge in [0, 0.05) is 19.2 Å². The fourth-order valence-corrected chi connectivity index (χ4v) is 3.20. The molecule has 1 aliphatic rings. The molecule has 0 saturated carbocycles. The smallest absolute Gasteiger partial charge is 0.274 e. The average Bonchev–Trinajstić information content (AvgIpc) is 2.75. The molecular formula is C17H25ClN2O2. The summed E-state index contributed by atoms with van der Waals surface area (Å²) in [5.41, 5.74) is 0.307. The molecule has 1 amide bonds. The Morgan fingerprint density at radius 1 is 1.36 bits per heavy atom. The summed E-state index contributed by atoms with van der Waals surface area (Å²) >= 11 is 6.16. The maximum atomic E-state index is 12.7. The molecule has 1 aromatic heterocycles. The lowest BCUT2D eigenvalue weighted by atomic mass is 9.96. The van der Waals surface area contributed by atoms with Crippen molar-refractivity contribution < 1.29 is 9.53 Å². The van der Waals surface area contributed by atoms with Gasteiger partial charge in [0.15, 0.2) is 5.69 Å². The van der Waals surface area contributed by atoms with Gasteiger partial charge in [0.25, 0.3) is 5.91 Å². The molecule has 1 fully saturated rings. The molecule has 122 valence electrons. The second-order valence-electron chi connectivity index (χ2n) is 5.79. The molecule has 1 aromatic rings. The first-order valence-electron chi connectivity index (χ1n) is 8.24. The molecule has 0 aliphatic carbocycles. The van der Waals surface area contributed by atoms with Crippen molar-refractivity contribution in [2.45, 2.75) is 46.0 Å². The molecule has 1 atom stereocenters. The van der Waals surface area contributed by atoms with Crippen LogP contribution in [0, 0.1) is 5.92 Å². The molecule has 0 aromatic carbocycles. The molecule has 1 saturated heterocycles. The monoisotopic (exact) mass is 324 g/mol. The van der Waals surface area contributed by atoms with Gasteiger partial charge in [-0.1, -0.05) is 31.4 Å². The Morgan fingerprint density at radius 2 is 2.18 bits per heavy atom. The third-order valence-corrected chi connectivity index (χ3v) is 4.45. The number of nitrogens with zero attached hydrogens (tertiary/aromatic N) is 2. The summed E-state index contributed by atoms with van der Waals surface area (Å²) in [7, 11) is 0. The van der Waals surface area contributed by atoms with Gasteiger partial charge in [-0.2, -0.15) is 0 Å². The average molecular weight is 325 g/mol. The van der Waals surface area contributed by atoms with Crippen molar-refractivity contribution in [3.05, 3.63) is 22.8 Å². The number of likely N-dealkylation sites (tertiary alicyclic amines) is 1. The summed E-state index contributed by atoms with van der Waals surface area (Å²) in [4.78, 5) is 18.9. The predicted octanol–water partition coefficient (Wildman–Crippen LogP) is 4.18. The highest BCUT2D eigenvalue weighted by molar-refractivity contribution is 6.33. The number of carbonyl (C=O) groups is 1. The molecule has 0 radical (unpaired) electrons. The number of ether oxygens (including phenoxy) is 1. The maximum absolute atomic E-state index is 12.7. The number of carbonyl (C=O) groups excluding carboxylic acids is 1. The zero-order chi connectivity index (χ0) is 15.9. The summed E-state index contributed by atoms with van der Waals surface area (Å²) in [5.74, 6) is 1.11. The van der Waals surface area contributed by atoms with Gasteiger partial charge in [-0.3, -0.25) is 4.79 Å². The van der Waals surface area contributed by atoms with E-state index in [1.165, 1.54) is 19.3 Å². The van der Waals surface area contributed by atoms with E-state index in [0.29, 0.717) is 23.2 Å². The van der Waals surface area contributed by atoms with E-state index in [2.05, 4.69) is 11.9 Å². The second kappa shape index (κ2) is 8.37. The first kappa shape index (κ1) is 17.1. The molecular weight excluding hydrogens is 300 g/mol. The Balaban J connectivity index is 2.09. The second-order valence-corrected chi connectivity index (χ2v) is 6.20. The van der Waals surface area contributed by atoms with Crippen molar-refractivity contribution in [2.75, 3.05) is 19.7 Å². The highest BCUT2D eigenvalue weighted by atomic mass is 35.5. The molecule has 2 rings (SSSR count). The minimum absolute atomic E-state index is 0.0799. The minimum Gasteiger partial charge on any atom is -0.478 e. The summed E-state index contributed by atoms with van der Waals surface area (Å²) in [5, 5.41) is 0.391. The molecule has 22 heavy (non-hydrogen) atoms. The van der Waals surface area contributed by atoms with Gasteiger partial charge in [0.1, 0.15) is 0 Å². The van der Waals surface area contributed by atoms with Gasteiger partial charge in [-0.05, 0) is 38.2 Å². The van der Waals surface area contributed by atoms with Crippen LogP contribution in [0.3, 0.4) is 0 Å². The number of pyridine rings is 1. The largest absolute Gasteiger partial charge is 0.478 e. The lowest BCUT2D eigenvalue weighted by Crippen LogP contribution is -2.33. The number of hydrogen-bond acceptors (Lipinski definition) is 3. The summed E-state index contributed by atoms with van der Waals surface area (Å²) in [6.45, 7) is 6.21. The molecule has 0 spiro atoms. The van der Waals surface area contributed by atoms with Crippen molar-refractivity contribution in [1.29, 1.82) is 0 Å². The van der Waals surface area contributed by atoms with Crippen molar-refractivity contribution in [3.63, 3.8) is 0 Å². The van der Waals surface area contributed by atoms with Crippen LogP contribution in [0.5, 0.6) is 5.88 Å². The van der Waals surface area contributed by atoms with Crippen LogP contribution in [0.2, 0.25) is 5.02 Å². The van der Waals surface area contributed by atoms with E-state index in [4.69, 9.17) is 16.3 Å². The summed E-state index contributed by atoms with van der Waals surface area (Å²) < 4.78 is 5.37. The maximum Gasteiger partial charge on any atom is 0.274 e. The van der Waals surface area contributed by atoms with E-state index in [-0.39, 0.29) is 5.91 Å². The van der Waals surface area contributed by atoms with Gasteiger partial charge in [0.05, 0.1) is 11.6 Å². The topological polar surface area (TPSA) is 42.4 Å². The molecule has 4 nitrogen and oxygen atoms in total. The van der Waals surface area contributed by atoms with Crippen LogP contribution in [-0.4, -0.2) is 35.5 Å². The quantitative estimate of drug-likeness (QED) is 0.816. The molecule has 0 N–H and O–H groups in total. The fourth-order valence-electron chi connectivity index (χ4n) is 3.02. The minimum atomic E-state index is -0.0799. The number of rotatable bonds is 5. The summed E-state index contributed by atoms with van der Waals surface area (Å²) in [6.07, 6.45) is 5.79. The predicted molar refractivity (Wildman–Crippen MR) is 88.6 cm³/mol. The number of hydrogen-bond donors (Lipinski definition) is 0. The van der Waals surface area contributed by atoms with Crippen LogP contribution in [-0.2, 0) is 0 Å². The Morgan fingerprint density at radius 3 is 2.91 bits per heavy atom. The van der Waals surface area contributed by atoms with Crippen molar-refractivity contribution >= 4 is 17.5 Å². The number of amides is 1. The zero-order valence-corrected chi connectivity index (χ0v) is 14.2. The Kier molecular flexibility index (Phi) is 6.49. The zero-order valence-electron chi connectivity index (χ0n) is 13.5. The van der Waals surface area contributed by atoms with Crippen LogP contribution < -0.4 is 4.74 Å². The Labute approximate surface area is 137 Å². The normalized spacial score (nSPS) is 18.9. The van der Waals surface area contributed by atoms with Gasteiger partial charge < -0.3 is 9.64 Å². The van der Waals surface area contributed by atoms with E-state index in [1.54, 1.807) is 12.1 Å². The molecule has 0 bridgehead atoms. The highest BCUT2D eigenvalue weighted by Crippen LogP contribution is 2.25. The van der Waals surface area contributed by atoms with Gasteiger partial charge in [0.2, 0.25) is 5.88 Å². The lowest BCUT2D eigenvalue weighted by Gasteiger charge is -2.21. The first-order chi connectivity index (χ1) is 10.7. The van der Waals surface area contributed by atoms with Crippen molar-refractivity contribution in [3.8, 4) is 5.88 Å². The van der Waals surface area contributed by atoms with Crippen LogP contribution >= 0.6 is 11.6 Å². The Hall–Kier alpha value is -1.29. The molecule has 1 aliphatic heterocycles. The number of halogens is 1. The highest BCUT2D eigenvalue weighted by Gasteiger charge is 2.24. The Bertz CT molecular complexity index is 507. The fraction of sp³-hybridized carbons (Fsp3) is 0.647. The third kappa shape index (κ3) is 4.35. The van der Waals surface area contributed by atoms with Gasteiger partial charge in [-0.25, -0.2) is 4.98 Å². The van der Waals surface area contributed by atoms with E-state index >= 15 is 0 Å². The van der Waals surface area contributed by atoms with E-state index in [0.717, 1.165) is 31.8 Å². The third-order valence-electron chi connectivity index (χ3n) is 4.15. The molecule has 2 heterocycles. The van der Waals surface area contributed by atoms with E-state index in [9.17, 15) is 4.79 Å². The van der Waals surface area contributed by atoms with Crippen LogP contribution in [0.4, 0.5) is 0 Å². The SMILES string of the molecule is CCCC1CCCN(C(=O)c2nc(OCC)ccc2Cl)CC1. The van der Waals surface area contributed by atoms with E-state index in [1.807, 2.05) is 11.8 Å². The van der Waals surface area contributed by atoms with Crippen molar-refractivity contribution in [2.24, 2.45) is 5.92 Å². The molecule has 1 unspecified atom stereocenters. The van der Waals surface area contributed by atoms with Gasteiger partial charge in [-0.15, -0.1) is 0 Å². The van der Waals surface area contributed by atoms with Crippen LogP contribution in [0.1, 0.15) is 56.4 Å². The first-order valence-corrected chi connectivity index (χ1v) is 8.62. The van der Waals surface area contributed by atoms with Crippen molar-refractivity contribution in [1.82, 2.24) is 9.88 Å². The van der Waals surface area contributed by atoms with E-state index < -0.39 is 0 Å².